The van der Waals surface area contributed by atoms with Crippen LogP contribution in [0.5, 0.6) is 0 Å². The molecule has 0 amide bonds. The summed E-state index contributed by atoms with van der Waals surface area (Å²) in [7, 11) is 2.72. The predicted molar refractivity (Wildman–Crippen MR) is 122 cm³/mol. The van der Waals surface area contributed by atoms with E-state index in [0.29, 0.717) is 11.4 Å². The molecule has 2 aromatic rings. The van der Waals surface area contributed by atoms with Crippen molar-refractivity contribution in [3.63, 3.8) is 0 Å². The van der Waals surface area contributed by atoms with Gasteiger partial charge in [-0.3, -0.25) is 0 Å². The van der Waals surface area contributed by atoms with Crippen LogP contribution in [0.1, 0.15) is 22.7 Å². The number of hydrogen-bond donors (Lipinski definition) is 3. The first-order valence-corrected chi connectivity index (χ1v) is 12.2. The third-order valence-corrected chi connectivity index (χ3v) is 7.74. The molecule has 0 aromatic heterocycles. The monoisotopic (exact) mass is 432 g/mol. The van der Waals surface area contributed by atoms with E-state index in [2.05, 4.69) is 40.9 Å². The number of quaternary nitrogens is 2. The van der Waals surface area contributed by atoms with Gasteiger partial charge in [0, 0.05) is 25.3 Å². The number of anilines is 1. The van der Waals surface area contributed by atoms with Crippen LogP contribution < -0.4 is 19.4 Å². The van der Waals surface area contributed by atoms with Crippen molar-refractivity contribution in [3.8, 4) is 0 Å². The summed E-state index contributed by atoms with van der Waals surface area (Å²) < 4.78 is 28.9. The average Bonchev–Trinajstić information content (AvgIpc) is 2.71. The lowest BCUT2D eigenvalue weighted by Gasteiger charge is -2.33. The molecule has 0 saturated carbocycles. The van der Waals surface area contributed by atoms with E-state index in [1.807, 2.05) is 34.0 Å². The number of likely N-dealkylation sites (N-methyl/N-ethyl adjacent to an activating group) is 1. The third kappa shape index (κ3) is 5.40. The second-order valence-corrected chi connectivity index (χ2v) is 10.5. The fourth-order valence-corrected chi connectivity index (χ4v) is 5.14. The molecule has 1 heterocycles. The van der Waals surface area contributed by atoms with E-state index in [-0.39, 0.29) is 6.04 Å². The summed E-state index contributed by atoms with van der Waals surface area (Å²) in [5.74, 6) is 0. The molecule has 6 nitrogen and oxygen atoms in total. The van der Waals surface area contributed by atoms with Gasteiger partial charge in [-0.1, -0.05) is 18.2 Å². The standard InChI is InChI=1S/C23H34N4O2S/c1-18-6-11-22(16-19(18)2)30(28,29)24-17-23(27-14-12-26(5)13-15-27)20-7-9-21(10-8-20)25(3)4/h6-11,16,23-24H,12-15,17H2,1-5H3/p+2/t23-/m1/s1. The van der Waals surface area contributed by atoms with Crippen molar-refractivity contribution in [1.29, 1.82) is 0 Å². The molecule has 3 N–H and O–H groups in total. The highest BCUT2D eigenvalue weighted by molar-refractivity contribution is 7.89. The summed E-state index contributed by atoms with van der Waals surface area (Å²) >= 11 is 0. The van der Waals surface area contributed by atoms with Crippen LogP contribution in [-0.4, -0.2) is 62.3 Å². The lowest BCUT2D eigenvalue weighted by atomic mass is 10.0. The zero-order valence-electron chi connectivity index (χ0n) is 18.8. The van der Waals surface area contributed by atoms with Gasteiger partial charge in [-0.25, -0.2) is 13.1 Å². The van der Waals surface area contributed by atoms with E-state index in [4.69, 9.17) is 0 Å². The second-order valence-electron chi connectivity index (χ2n) is 8.75. The van der Waals surface area contributed by atoms with Gasteiger partial charge in [0.1, 0.15) is 32.2 Å². The fraction of sp³-hybridized carbons (Fsp3) is 0.478. The maximum absolute atomic E-state index is 13.0. The Labute approximate surface area is 181 Å². The average molecular weight is 433 g/mol. The normalized spacial score (nSPS) is 20.7. The fourth-order valence-electron chi connectivity index (χ4n) is 4.01. The largest absolute Gasteiger partial charge is 0.378 e. The molecule has 1 aliphatic rings. The number of aryl methyl sites for hydroxylation is 2. The van der Waals surface area contributed by atoms with E-state index in [1.165, 1.54) is 15.4 Å². The van der Waals surface area contributed by atoms with Gasteiger partial charge in [0.2, 0.25) is 10.0 Å². The molecular weight excluding hydrogens is 396 g/mol. The van der Waals surface area contributed by atoms with Gasteiger partial charge in [-0.2, -0.15) is 0 Å². The SMILES string of the molecule is Cc1ccc(S(=O)(=O)NC[C@H](c2ccc(N(C)C)cc2)[NH+]2CC[NH+](C)CC2)cc1C. The minimum Gasteiger partial charge on any atom is -0.378 e. The maximum Gasteiger partial charge on any atom is 0.240 e. The second kappa shape index (κ2) is 9.47. The number of benzene rings is 2. The number of sulfonamides is 1. The molecule has 30 heavy (non-hydrogen) atoms. The predicted octanol–water partition coefficient (Wildman–Crippen LogP) is -0.198. The first-order chi connectivity index (χ1) is 14.2. The summed E-state index contributed by atoms with van der Waals surface area (Å²) in [5, 5.41) is 0. The van der Waals surface area contributed by atoms with Gasteiger partial charge in [0.05, 0.1) is 18.5 Å². The summed E-state index contributed by atoms with van der Waals surface area (Å²) in [6, 6.07) is 13.9. The van der Waals surface area contributed by atoms with Crippen LogP contribution in [0.3, 0.4) is 0 Å². The Morgan fingerprint density at radius 2 is 1.60 bits per heavy atom. The lowest BCUT2D eigenvalue weighted by molar-refractivity contribution is -1.02. The summed E-state index contributed by atoms with van der Waals surface area (Å²) in [5.41, 5.74) is 4.41. The van der Waals surface area contributed by atoms with E-state index in [9.17, 15) is 8.42 Å². The van der Waals surface area contributed by atoms with Gasteiger partial charge in [0.15, 0.2) is 0 Å². The molecular formula is C23H36N4O2S+2. The highest BCUT2D eigenvalue weighted by Crippen LogP contribution is 2.18. The lowest BCUT2D eigenvalue weighted by Crippen LogP contribution is -3.27. The first kappa shape index (κ1) is 22.7. The Morgan fingerprint density at radius 3 is 2.17 bits per heavy atom. The highest BCUT2D eigenvalue weighted by Gasteiger charge is 2.30. The Balaban J connectivity index is 1.82. The van der Waals surface area contributed by atoms with E-state index in [0.717, 1.165) is 43.0 Å². The molecule has 1 atom stereocenters. The first-order valence-electron chi connectivity index (χ1n) is 10.7. The van der Waals surface area contributed by atoms with Crippen LogP contribution in [0.4, 0.5) is 5.69 Å². The molecule has 0 radical (unpaired) electrons. The molecule has 0 spiro atoms. The number of piperazine rings is 1. The molecule has 0 aliphatic carbocycles. The number of hydrogen-bond acceptors (Lipinski definition) is 3. The number of nitrogens with one attached hydrogen (secondary N) is 3. The Kier molecular flexibility index (Phi) is 7.18. The Hall–Kier alpha value is -1.93. The van der Waals surface area contributed by atoms with E-state index >= 15 is 0 Å². The van der Waals surface area contributed by atoms with E-state index in [1.54, 1.807) is 12.1 Å². The van der Waals surface area contributed by atoms with Crippen LogP contribution in [0.15, 0.2) is 47.4 Å². The molecule has 3 rings (SSSR count). The minimum absolute atomic E-state index is 0.0932. The highest BCUT2D eigenvalue weighted by atomic mass is 32.2. The zero-order valence-corrected chi connectivity index (χ0v) is 19.6. The molecule has 7 heteroatoms. The van der Waals surface area contributed by atoms with Gasteiger partial charge in [0.25, 0.3) is 0 Å². The van der Waals surface area contributed by atoms with Crippen molar-refractivity contribution in [2.45, 2.75) is 24.8 Å². The van der Waals surface area contributed by atoms with Crippen LogP contribution in [0, 0.1) is 13.8 Å². The minimum atomic E-state index is -3.55. The van der Waals surface area contributed by atoms with Crippen molar-refractivity contribution in [2.75, 3.05) is 58.8 Å². The quantitative estimate of drug-likeness (QED) is 0.568. The topological polar surface area (TPSA) is 58.3 Å². The van der Waals surface area contributed by atoms with E-state index < -0.39 is 10.0 Å². The molecule has 1 fully saturated rings. The smallest absolute Gasteiger partial charge is 0.240 e. The van der Waals surface area contributed by atoms with Crippen LogP contribution in [0.25, 0.3) is 0 Å². The van der Waals surface area contributed by atoms with Crippen LogP contribution in [0.2, 0.25) is 0 Å². The van der Waals surface area contributed by atoms with Crippen molar-refractivity contribution in [3.05, 3.63) is 59.2 Å². The van der Waals surface area contributed by atoms with Gasteiger partial charge >= 0.3 is 0 Å². The van der Waals surface area contributed by atoms with Gasteiger partial charge in [-0.15, -0.1) is 0 Å². The number of nitrogens with zero attached hydrogens (tertiary/aromatic N) is 1. The maximum atomic E-state index is 13.0. The zero-order chi connectivity index (χ0) is 21.9. The van der Waals surface area contributed by atoms with Gasteiger partial charge in [-0.05, 0) is 49.2 Å². The van der Waals surface area contributed by atoms with Crippen molar-refractivity contribution < 1.29 is 18.2 Å². The van der Waals surface area contributed by atoms with Crippen molar-refractivity contribution in [2.24, 2.45) is 0 Å². The summed E-state index contributed by atoms with van der Waals surface area (Å²) in [6.45, 7) is 8.61. The Morgan fingerprint density at radius 1 is 0.967 bits per heavy atom. The molecule has 2 aromatic carbocycles. The summed E-state index contributed by atoms with van der Waals surface area (Å²) in [4.78, 5) is 5.40. The Bertz CT molecular complexity index is 950. The molecule has 164 valence electrons. The van der Waals surface area contributed by atoms with Crippen LogP contribution in [-0.2, 0) is 10.0 Å². The molecule has 1 saturated heterocycles. The van der Waals surface area contributed by atoms with Crippen LogP contribution >= 0.6 is 0 Å². The van der Waals surface area contributed by atoms with Crippen molar-refractivity contribution in [1.82, 2.24) is 4.72 Å². The number of rotatable bonds is 7. The molecule has 0 bridgehead atoms. The molecule has 0 unspecified atom stereocenters. The molecule has 1 aliphatic heterocycles. The van der Waals surface area contributed by atoms with Gasteiger partial charge < -0.3 is 14.7 Å². The summed E-state index contributed by atoms with van der Waals surface area (Å²) in [6.07, 6.45) is 0. The third-order valence-electron chi connectivity index (χ3n) is 6.32. The van der Waals surface area contributed by atoms with Crippen molar-refractivity contribution >= 4 is 15.7 Å².